The zero-order chi connectivity index (χ0) is 18.9. The van der Waals surface area contributed by atoms with Gasteiger partial charge in [-0.1, -0.05) is 45.4 Å². The van der Waals surface area contributed by atoms with Gasteiger partial charge >= 0.3 is 5.97 Å². The van der Waals surface area contributed by atoms with Crippen molar-refractivity contribution in [3.05, 3.63) is 29.3 Å². The summed E-state index contributed by atoms with van der Waals surface area (Å²) in [6.07, 6.45) is 11.0. The number of benzene rings is 1. The lowest BCUT2D eigenvalue weighted by atomic mass is 9.80. The number of carbonyl (C=O) groups is 1. The van der Waals surface area contributed by atoms with Gasteiger partial charge in [-0.15, -0.1) is 0 Å². The minimum atomic E-state index is -1.28. The van der Waals surface area contributed by atoms with E-state index in [4.69, 9.17) is 10.00 Å². The number of halogens is 2. The van der Waals surface area contributed by atoms with Crippen molar-refractivity contribution in [2.24, 2.45) is 11.8 Å². The summed E-state index contributed by atoms with van der Waals surface area (Å²) in [5.74, 6) is -3.10. The summed E-state index contributed by atoms with van der Waals surface area (Å²) in [6.45, 7) is 2.21. The molecule has 26 heavy (non-hydrogen) atoms. The van der Waals surface area contributed by atoms with Crippen LogP contribution in [0.2, 0.25) is 0 Å². The van der Waals surface area contributed by atoms with Crippen molar-refractivity contribution < 1.29 is 18.3 Å². The lowest BCUT2D eigenvalue weighted by molar-refractivity contribution is -0.140. The van der Waals surface area contributed by atoms with Gasteiger partial charge in [0.2, 0.25) is 5.82 Å². The lowest BCUT2D eigenvalue weighted by Gasteiger charge is -2.27. The van der Waals surface area contributed by atoms with Crippen LogP contribution in [0.25, 0.3) is 0 Å². The SMILES string of the molecule is CCCCCCC[C@H]1CC[C@H](C(=O)Oc2ccc(C#N)c(F)c2F)CC1. The molecule has 3 nitrogen and oxygen atoms in total. The van der Waals surface area contributed by atoms with Crippen molar-refractivity contribution in [1.29, 1.82) is 5.26 Å². The van der Waals surface area contributed by atoms with E-state index in [1.54, 1.807) is 6.07 Å². The van der Waals surface area contributed by atoms with Gasteiger partial charge in [0.25, 0.3) is 0 Å². The van der Waals surface area contributed by atoms with Gasteiger partial charge in [-0.2, -0.15) is 9.65 Å². The average Bonchev–Trinajstić information content (AvgIpc) is 2.66. The highest BCUT2D eigenvalue weighted by atomic mass is 19.2. The Labute approximate surface area is 154 Å². The topological polar surface area (TPSA) is 50.1 Å². The van der Waals surface area contributed by atoms with E-state index in [-0.39, 0.29) is 5.92 Å². The van der Waals surface area contributed by atoms with E-state index in [1.807, 2.05) is 0 Å². The average molecular weight is 363 g/mol. The zero-order valence-electron chi connectivity index (χ0n) is 15.4. The first-order valence-electron chi connectivity index (χ1n) is 9.66. The Kier molecular flexibility index (Phi) is 8.03. The van der Waals surface area contributed by atoms with Crippen LogP contribution in [0.1, 0.15) is 76.7 Å². The summed E-state index contributed by atoms with van der Waals surface area (Å²) >= 11 is 0. The largest absolute Gasteiger partial charge is 0.423 e. The van der Waals surface area contributed by atoms with Crippen LogP contribution in [0.15, 0.2) is 12.1 Å². The van der Waals surface area contributed by atoms with Gasteiger partial charge in [0.05, 0.1) is 11.5 Å². The fourth-order valence-corrected chi connectivity index (χ4v) is 3.61. The molecule has 0 amide bonds. The standard InChI is InChI=1S/C21H27F2NO2/c1-2-3-4-5-6-7-15-8-10-16(11-9-15)21(25)26-18-13-12-17(14-24)19(22)20(18)23/h12-13,15-16H,2-11H2,1H3/t15-,16-. The zero-order valence-corrected chi connectivity index (χ0v) is 15.4. The second kappa shape index (κ2) is 10.3. The molecule has 5 heteroatoms. The van der Waals surface area contributed by atoms with Crippen LogP contribution in [0, 0.1) is 34.8 Å². The number of ether oxygens (including phenoxy) is 1. The van der Waals surface area contributed by atoms with Crippen molar-refractivity contribution >= 4 is 5.97 Å². The first-order chi connectivity index (χ1) is 12.6. The molecule has 1 aromatic carbocycles. The number of unbranched alkanes of at least 4 members (excludes halogenated alkanes) is 4. The Bertz CT molecular complexity index is 646. The quantitative estimate of drug-likeness (QED) is 0.328. The Balaban J connectivity index is 1.78. The molecule has 2 rings (SSSR count). The second-order valence-electron chi connectivity index (χ2n) is 7.19. The smallest absolute Gasteiger partial charge is 0.314 e. The Morgan fingerprint density at radius 1 is 1.12 bits per heavy atom. The summed E-state index contributed by atoms with van der Waals surface area (Å²) in [5.41, 5.74) is -0.401. The molecule has 0 radical (unpaired) electrons. The van der Waals surface area contributed by atoms with Crippen LogP contribution < -0.4 is 4.74 Å². The minimum Gasteiger partial charge on any atom is -0.423 e. The molecule has 0 N–H and O–H groups in total. The molecular weight excluding hydrogens is 336 g/mol. The summed E-state index contributed by atoms with van der Waals surface area (Å²) < 4.78 is 32.5. The summed E-state index contributed by atoms with van der Waals surface area (Å²) in [7, 11) is 0. The van der Waals surface area contributed by atoms with E-state index in [0.29, 0.717) is 5.92 Å². The van der Waals surface area contributed by atoms with Crippen molar-refractivity contribution in [3.8, 4) is 11.8 Å². The number of hydrogen-bond acceptors (Lipinski definition) is 3. The van der Waals surface area contributed by atoms with Gasteiger partial charge in [-0.05, 0) is 43.7 Å². The van der Waals surface area contributed by atoms with Crippen molar-refractivity contribution in [1.82, 2.24) is 0 Å². The summed E-state index contributed by atoms with van der Waals surface area (Å²) in [4.78, 5) is 12.2. The fraction of sp³-hybridized carbons (Fsp3) is 0.619. The lowest BCUT2D eigenvalue weighted by Crippen LogP contribution is -2.26. The van der Waals surface area contributed by atoms with Crippen LogP contribution in [0.3, 0.4) is 0 Å². The number of esters is 1. The van der Waals surface area contributed by atoms with E-state index < -0.39 is 28.9 Å². The number of nitriles is 1. The van der Waals surface area contributed by atoms with E-state index in [9.17, 15) is 13.6 Å². The summed E-state index contributed by atoms with van der Waals surface area (Å²) in [5, 5.41) is 8.68. The number of hydrogen-bond donors (Lipinski definition) is 0. The monoisotopic (exact) mass is 363 g/mol. The first kappa shape index (κ1) is 20.4. The van der Waals surface area contributed by atoms with Crippen molar-refractivity contribution in [2.75, 3.05) is 0 Å². The van der Waals surface area contributed by atoms with Crippen LogP contribution in [-0.4, -0.2) is 5.97 Å². The molecule has 1 aromatic rings. The summed E-state index contributed by atoms with van der Waals surface area (Å²) in [6, 6.07) is 3.81. The van der Waals surface area contributed by atoms with Gasteiger partial charge < -0.3 is 4.74 Å². The second-order valence-corrected chi connectivity index (χ2v) is 7.19. The molecule has 142 valence electrons. The fourth-order valence-electron chi connectivity index (χ4n) is 3.61. The van der Waals surface area contributed by atoms with Crippen LogP contribution in [-0.2, 0) is 4.79 Å². The molecule has 0 bridgehead atoms. The van der Waals surface area contributed by atoms with E-state index in [2.05, 4.69) is 6.92 Å². The van der Waals surface area contributed by atoms with Gasteiger partial charge in [0.1, 0.15) is 6.07 Å². The third-order valence-corrected chi connectivity index (χ3v) is 5.27. The van der Waals surface area contributed by atoms with E-state index in [0.717, 1.165) is 37.8 Å². The van der Waals surface area contributed by atoms with E-state index in [1.165, 1.54) is 38.5 Å². The van der Waals surface area contributed by atoms with Crippen molar-refractivity contribution in [2.45, 2.75) is 71.1 Å². The molecule has 0 atom stereocenters. The molecule has 0 unspecified atom stereocenters. The van der Waals surface area contributed by atoms with Gasteiger partial charge in [-0.25, -0.2) is 4.39 Å². The number of rotatable bonds is 8. The van der Waals surface area contributed by atoms with Gasteiger partial charge in [-0.3, -0.25) is 4.79 Å². The Morgan fingerprint density at radius 3 is 2.46 bits per heavy atom. The minimum absolute atomic E-state index is 0.260. The highest BCUT2D eigenvalue weighted by molar-refractivity contribution is 5.75. The number of carbonyl (C=O) groups excluding carboxylic acids is 1. The normalized spacial score (nSPS) is 19.8. The predicted octanol–water partition coefficient (Wildman–Crippen LogP) is 5.91. The van der Waals surface area contributed by atoms with Gasteiger partial charge in [0, 0.05) is 0 Å². The molecule has 1 saturated carbocycles. The van der Waals surface area contributed by atoms with E-state index >= 15 is 0 Å². The third-order valence-electron chi connectivity index (χ3n) is 5.27. The highest BCUT2D eigenvalue weighted by Gasteiger charge is 2.28. The van der Waals surface area contributed by atoms with Crippen LogP contribution in [0.5, 0.6) is 5.75 Å². The van der Waals surface area contributed by atoms with Gasteiger partial charge in [0.15, 0.2) is 11.6 Å². The molecule has 0 heterocycles. The molecule has 1 aliphatic rings. The first-order valence-corrected chi connectivity index (χ1v) is 9.66. The Morgan fingerprint density at radius 2 is 1.81 bits per heavy atom. The highest BCUT2D eigenvalue weighted by Crippen LogP contribution is 2.33. The maximum atomic E-state index is 13.9. The maximum absolute atomic E-state index is 13.9. The molecule has 0 spiro atoms. The number of nitrogens with zero attached hydrogens (tertiary/aromatic N) is 1. The third kappa shape index (κ3) is 5.52. The molecule has 0 saturated heterocycles. The molecule has 0 aliphatic heterocycles. The van der Waals surface area contributed by atoms with Crippen molar-refractivity contribution in [3.63, 3.8) is 0 Å². The molecule has 1 aliphatic carbocycles. The predicted molar refractivity (Wildman–Crippen MR) is 95.5 cm³/mol. The maximum Gasteiger partial charge on any atom is 0.314 e. The Hall–Kier alpha value is -1.96. The molecule has 0 aromatic heterocycles. The molecular formula is C21H27F2NO2. The van der Waals surface area contributed by atoms with Crippen LogP contribution >= 0.6 is 0 Å². The van der Waals surface area contributed by atoms with Crippen LogP contribution in [0.4, 0.5) is 8.78 Å². The molecule has 1 fully saturated rings.